The lowest BCUT2D eigenvalue weighted by molar-refractivity contribution is 0.653. The Morgan fingerprint density at radius 3 is 3.00 bits per heavy atom. The predicted octanol–water partition coefficient (Wildman–Crippen LogP) is 1.46. The maximum atomic E-state index is 5.88. The van der Waals surface area contributed by atoms with Crippen LogP contribution in [0.1, 0.15) is 44.9 Å². The average Bonchev–Trinajstić information content (AvgIpc) is 2.93. The van der Waals surface area contributed by atoms with Gasteiger partial charge < -0.3 is 10.6 Å². The Bertz CT molecular complexity index is 335. The molecule has 17 heavy (non-hydrogen) atoms. The number of unbranched alkanes of at least 4 members (excludes halogenated alkanes) is 3. The van der Waals surface area contributed by atoms with Gasteiger partial charge in [0, 0.05) is 25.6 Å². The number of hydrogen-bond acceptors (Lipinski definition) is 4. The average molecular weight is 237 g/mol. The number of aromatic amines is 1. The van der Waals surface area contributed by atoms with Crippen LogP contribution < -0.4 is 10.6 Å². The quantitative estimate of drug-likeness (QED) is 0.735. The van der Waals surface area contributed by atoms with E-state index in [-0.39, 0.29) is 6.04 Å². The zero-order valence-corrected chi connectivity index (χ0v) is 10.7. The molecule has 2 heterocycles. The maximum Gasteiger partial charge on any atom is 0.244 e. The standard InChI is InChI=1S/C12H23N5/c1-2-3-4-5-6-11-14-12(16-15-11)17-8-7-10(13)9-17/h10H,2-9,13H2,1H3,(H,14,15,16). The van der Waals surface area contributed by atoms with Gasteiger partial charge in [-0.15, -0.1) is 5.10 Å². The Balaban J connectivity index is 1.79. The molecule has 3 N–H and O–H groups in total. The summed E-state index contributed by atoms with van der Waals surface area (Å²) in [5.41, 5.74) is 5.88. The van der Waals surface area contributed by atoms with Crippen LogP contribution in [0.4, 0.5) is 5.95 Å². The lowest BCUT2D eigenvalue weighted by Gasteiger charge is -2.11. The Labute approximate surface area is 103 Å². The van der Waals surface area contributed by atoms with Crippen LogP contribution in [0, 0.1) is 0 Å². The van der Waals surface area contributed by atoms with Crippen molar-refractivity contribution in [3.63, 3.8) is 0 Å². The highest BCUT2D eigenvalue weighted by molar-refractivity contribution is 5.31. The SMILES string of the molecule is CCCCCCc1nc(N2CCC(N)C2)n[nH]1. The summed E-state index contributed by atoms with van der Waals surface area (Å²) in [6.45, 7) is 4.09. The molecule has 5 heteroatoms. The number of aromatic nitrogens is 3. The van der Waals surface area contributed by atoms with E-state index in [1.54, 1.807) is 0 Å². The number of H-pyrrole nitrogens is 1. The van der Waals surface area contributed by atoms with Gasteiger partial charge in [-0.25, -0.2) is 0 Å². The Morgan fingerprint density at radius 2 is 2.29 bits per heavy atom. The van der Waals surface area contributed by atoms with E-state index in [0.29, 0.717) is 0 Å². The molecule has 0 bridgehead atoms. The van der Waals surface area contributed by atoms with Gasteiger partial charge in [-0.3, -0.25) is 5.10 Å². The second kappa shape index (κ2) is 6.00. The second-order valence-corrected chi connectivity index (χ2v) is 4.89. The van der Waals surface area contributed by atoms with E-state index in [4.69, 9.17) is 5.73 Å². The van der Waals surface area contributed by atoms with Gasteiger partial charge in [0.25, 0.3) is 0 Å². The lowest BCUT2D eigenvalue weighted by atomic mass is 10.1. The van der Waals surface area contributed by atoms with Crippen LogP contribution in [-0.2, 0) is 6.42 Å². The molecule has 5 nitrogen and oxygen atoms in total. The van der Waals surface area contributed by atoms with E-state index in [2.05, 4.69) is 27.0 Å². The highest BCUT2D eigenvalue weighted by atomic mass is 15.4. The van der Waals surface area contributed by atoms with E-state index in [9.17, 15) is 0 Å². The molecule has 1 atom stereocenters. The van der Waals surface area contributed by atoms with Gasteiger partial charge in [0.15, 0.2) is 0 Å². The maximum absolute atomic E-state index is 5.88. The van der Waals surface area contributed by atoms with Crippen molar-refractivity contribution in [1.29, 1.82) is 0 Å². The van der Waals surface area contributed by atoms with Crippen molar-refractivity contribution in [3.05, 3.63) is 5.82 Å². The third-order valence-corrected chi connectivity index (χ3v) is 3.29. The number of aryl methyl sites for hydroxylation is 1. The van der Waals surface area contributed by atoms with Gasteiger partial charge in [-0.2, -0.15) is 4.98 Å². The number of nitrogens with zero attached hydrogens (tertiary/aromatic N) is 3. The summed E-state index contributed by atoms with van der Waals surface area (Å²) in [6, 6.07) is 0.279. The van der Waals surface area contributed by atoms with Crippen LogP contribution in [0.3, 0.4) is 0 Å². The molecule has 1 aromatic rings. The molecule has 1 fully saturated rings. The molecule has 0 aromatic carbocycles. The number of nitrogens with one attached hydrogen (secondary N) is 1. The van der Waals surface area contributed by atoms with Gasteiger partial charge in [0.2, 0.25) is 5.95 Å². The molecule has 1 saturated heterocycles. The van der Waals surface area contributed by atoms with Crippen LogP contribution in [0.5, 0.6) is 0 Å². The number of hydrogen-bond donors (Lipinski definition) is 2. The minimum Gasteiger partial charge on any atom is -0.338 e. The lowest BCUT2D eigenvalue weighted by Crippen LogP contribution is -2.26. The third kappa shape index (κ3) is 3.43. The van der Waals surface area contributed by atoms with Crippen LogP contribution in [0.15, 0.2) is 0 Å². The van der Waals surface area contributed by atoms with Crippen molar-refractivity contribution < 1.29 is 0 Å². The molecular formula is C12H23N5. The van der Waals surface area contributed by atoms with E-state index < -0.39 is 0 Å². The Kier molecular flexibility index (Phi) is 4.36. The molecule has 2 rings (SSSR count). The largest absolute Gasteiger partial charge is 0.338 e. The highest BCUT2D eigenvalue weighted by Gasteiger charge is 2.22. The molecule has 0 radical (unpaired) electrons. The summed E-state index contributed by atoms with van der Waals surface area (Å²) in [6.07, 6.45) is 7.10. The van der Waals surface area contributed by atoms with Crippen molar-refractivity contribution in [1.82, 2.24) is 15.2 Å². The summed E-state index contributed by atoms with van der Waals surface area (Å²) in [7, 11) is 0. The molecule has 0 saturated carbocycles. The zero-order chi connectivity index (χ0) is 12.1. The molecule has 1 unspecified atom stereocenters. The predicted molar refractivity (Wildman–Crippen MR) is 69.0 cm³/mol. The van der Waals surface area contributed by atoms with Gasteiger partial charge in [-0.1, -0.05) is 26.2 Å². The topological polar surface area (TPSA) is 70.8 Å². The molecule has 0 spiro atoms. The minimum absolute atomic E-state index is 0.279. The van der Waals surface area contributed by atoms with Crippen molar-refractivity contribution in [2.45, 2.75) is 51.5 Å². The van der Waals surface area contributed by atoms with Crippen molar-refractivity contribution in [2.24, 2.45) is 5.73 Å². The van der Waals surface area contributed by atoms with Crippen molar-refractivity contribution in [3.8, 4) is 0 Å². The molecule has 0 aliphatic carbocycles. The van der Waals surface area contributed by atoms with Crippen molar-refractivity contribution in [2.75, 3.05) is 18.0 Å². The molecule has 1 aromatic heterocycles. The van der Waals surface area contributed by atoms with Crippen LogP contribution in [0.2, 0.25) is 0 Å². The zero-order valence-electron chi connectivity index (χ0n) is 10.7. The fourth-order valence-electron chi connectivity index (χ4n) is 2.23. The first-order chi connectivity index (χ1) is 8.29. The molecule has 1 aliphatic heterocycles. The van der Waals surface area contributed by atoms with E-state index in [1.165, 1.54) is 25.7 Å². The number of anilines is 1. The fourth-order valence-corrected chi connectivity index (χ4v) is 2.23. The third-order valence-electron chi connectivity index (χ3n) is 3.29. The Morgan fingerprint density at radius 1 is 1.41 bits per heavy atom. The summed E-state index contributed by atoms with van der Waals surface area (Å²) in [5.74, 6) is 1.83. The second-order valence-electron chi connectivity index (χ2n) is 4.89. The van der Waals surface area contributed by atoms with Crippen LogP contribution in [0.25, 0.3) is 0 Å². The first-order valence-corrected chi connectivity index (χ1v) is 6.71. The fraction of sp³-hybridized carbons (Fsp3) is 0.833. The van der Waals surface area contributed by atoms with E-state index >= 15 is 0 Å². The summed E-state index contributed by atoms with van der Waals surface area (Å²) < 4.78 is 0. The normalized spacial score (nSPS) is 20.1. The smallest absolute Gasteiger partial charge is 0.244 e. The monoisotopic (exact) mass is 237 g/mol. The van der Waals surface area contributed by atoms with Crippen molar-refractivity contribution >= 4 is 5.95 Å². The van der Waals surface area contributed by atoms with E-state index in [0.717, 1.165) is 37.7 Å². The van der Waals surface area contributed by atoms with Gasteiger partial charge in [0.05, 0.1) is 0 Å². The van der Waals surface area contributed by atoms with Gasteiger partial charge >= 0.3 is 0 Å². The molecule has 0 amide bonds. The Hall–Kier alpha value is -1.10. The summed E-state index contributed by atoms with van der Waals surface area (Å²) in [4.78, 5) is 6.69. The molecular weight excluding hydrogens is 214 g/mol. The van der Waals surface area contributed by atoms with Gasteiger partial charge in [0.1, 0.15) is 5.82 Å². The first-order valence-electron chi connectivity index (χ1n) is 6.71. The summed E-state index contributed by atoms with van der Waals surface area (Å²) >= 11 is 0. The first kappa shape index (κ1) is 12.4. The minimum atomic E-state index is 0.279. The van der Waals surface area contributed by atoms with E-state index in [1.807, 2.05) is 0 Å². The highest BCUT2D eigenvalue weighted by Crippen LogP contribution is 2.15. The van der Waals surface area contributed by atoms with Gasteiger partial charge in [-0.05, 0) is 12.8 Å². The number of nitrogens with two attached hydrogens (primary N) is 1. The molecule has 1 aliphatic rings. The number of rotatable bonds is 6. The molecule has 96 valence electrons. The summed E-state index contributed by atoms with van der Waals surface area (Å²) in [5, 5.41) is 7.30. The van der Waals surface area contributed by atoms with Crippen LogP contribution in [-0.4, -0.2) is 34.3 Å². The van der Waals surface area contributed by atoms with Crippen LogP contribution >= 0.6 is 0 Å².